The van der Waals surface area contributed by atoms with E-state index in [9.17, 15) is 14.4 Å². The second-order valence-electron chi connectivity index (χ2n) is 6.90. The van der Waals surface area contributed by atoms with E-state index in [1.165, 1.54) is 18.7 Å². The maximum atomic E-state index is 12.7. The fraction of sp³-hybridized carbons (Fsp3) is 0.409. The molecular weight excluding hydrogens is 390 g/mol. The molecule has 7 heteroatoms. The Morgan fingerprint density at radius 3 is 2.45 bits per heavy atom. The van der Waals surface area contributed by atoms with Gasteiger partial charge in [0.05, 0.1) is 23.6 Å². The molecule has 6 nitrogen and oxygen atoms in total. The molecule has 156 valence electrons. The van der Waals surface area contributed by atoms with Crippen LogP contribution in [0.2, 0.25) is 0 Å². The van der Waals surface area contributed by atoms with Crippen molar-refractivity contribution in [1.29, 1.82) is 0 Å². The lowest BCUT2D eigenvalue weighted by Gasteiger charge is -2.13. The molecule has 1 heterocycles. The number of nitrogens with one attached hydrogen (secondary N) is 1. The molecule has 2 aromatic rings. The smallest absolute Gasteiger partial charge is 0.340 e. The van der Waals surface area contributed by atoms with Crippen LogP contribution in [-0.2, 0) is 14.3 Å². The van der Waals surface area contributed by atoms with Crippen LogP contribution in [-0.4, -0.2) is 41.2 Å². The summed E-state index contributed by atoms with van der Waals surface area (Å²) in [5.74, 6) is -1.22. The number of hydrogen-bond donors (Lipinski definition) is 1. The number of thioether (sulfide) groups is 1. The van der Waals surface area contributed by atoms with Crippen molar-refractivity contribution in [3.8, 4) is 0 Å². The maximum Gasteiger partial charge on any atom is 0.340 e. The number of aromatic amines is 1. The number of carbonyl (C=O) groups is 3. The molecule has 1 aromatic heterocycles. The van der Waals surface area contributed by atoms with E-state index in [0.29, 0.717) is 16.8 Å². The van der Waals surface area contributed by atoms with Crippen LogP contribution in [0.3, 0.4) is 0 Å². The molecule has 0 aliphatic carbocycles. The summed E-state index contributed by atoms with van der Waals surface area (Å²) >= 11 is 1.38. The van der Waals surface area contributed by atoms with Gasteiger partial charge in [-0.15, -0.1) is 11.8 Å². The Labute approximate surface area is 175 Å². The van der Waals surface area contributed by atoms with E-state index in [1.54, 1.807) is 20.8 Å². The van der Waals surface area contributed by atoms with Gasteiger partial charge >= 0.3 is 11.9 Å². The zero-order valence-electron chi connectivity index (χ0n) is 17.7. The summed E-state index contributed by atoms with van der Waals surface area (Å²) in [5, 5.41) is 0. The van der Waals surface area contributed by atoms with Gasteiger partial charge in [0, 0.05) is 10.6 Å². The zero-order chi connectivity index (χ0) is 21.7. The zero-order valence-corrected chi connectivity index (χ0v) is 18.5. The minimum atomic E-state index is -0.964. The van der Waals surface area contributed by atoms with Gasteiger partial charge in [0.25, 0.3) is 0 Å². The second kappa shape index (κ2) is 9.78. The molecule has 0 saturated heterocycles. The SMILES string of the molecule is CCOC(=O)c1c(C)[nH]c(C(=O)[C@@H](C)OC(=O)CSc2ccc(C)cc2C)c1C. The lowest BCUT2D eigenvalue weighted by Crippen LogP contribution is -2.26. The van der Waals surface area contributed by atoms with Crippen molar-refractivity contribution in [3.05, 3.63) is 51.8 Å². The van der Waals surface area contributed by atoms with Gasteiger partial charge in [-0.05, 0) is 58.7 Å². The molecule has 0 bridgehead atoms. The lowest BCUT2D eigenvalue weighted by atomic mass is 10.1. The number of H-pyrrole nitrogens is 1. The van der Waals surface area contributed by atoms with Crippen molar-refractivity contribution < 1.29 is 23.9 Å². The van der Waals surface area contributed by atoms with E-state index in [4.69, 9.17) is 9.47 Å². The van der Waals surface area contributed by atoms with Gasteiger partial charge in [-0.25, -0.2) is 4.79 Å². The average molecular weight is 418 g/mol. The van der Waals surface area contributed by atoms with Crippen LogP contribution in [0, 0.1) is 27.7 Å². The molecule has 1 aromatic carbocycles. The molecule has 0 aliphatic rings. The molecule has 0 amide bonds. The van der Waals surface area contributed by atoms with Gasteiger partial charge in [-0.3, -0.25) is 9.59 Å². The molecule has 0 aliphatic heterocycles. The van der Waals surface area contributed by atoms with Crippen LogP contribution in [0.4, 0.5) is 0 Å². The van der Waals surface area contributed by atoms with Crippen LogP contribution in [0.1, 0.15) is 57.1 Å². The highest BCUT2D eigenvalue weighted by Gasteiger charge is 2.27. The van der Waals surface area contributed by atoms with Gasteiger partial charge in [0.15, 0.2) is 6.10 Å². The number of benzene rings is 1. The molecule has 1 atom stereocenters. The van der Waals surface area contributed by atoms with E-state index in [2.05, 4.69) is 11.1 Å². The van der Waals surface area contributed by atoms with E-state index < -0.39 is 18.0 Å². The standard InChI is InChI=1S/C22H27NO5S/c1-7-27-22(26)19-14(4)20(23-15(19)5)21(25)16(6)28-18(24)11-29-17-9-8-12(2)10-13(17)3/h8-10,16,23H,7,11H2,1-6H3/t16-/m1/s1. The number of ether oxygens (including phenoxy) is 2. The first kappa shape index (κ1) is 22.7. The van der Waals surface area contributed by atoms with Gasteiger partial charge < -0.3 is 14.5 Å². The molecule has 0 unspecified atom stereocenters. The molecule has 0 fully saturated rings. The quantitative estimate of drug-likeness (QED) is 0.391. The highest BCUT2D eigenvalue weighted by molar-refractivity contribution is 8.00. The Kier molecular flexibility index (Phi) is 7.67. The number of ketones is 1. The van der Waals surface area contributed by atoms with Crippen LogP contribution < -0.4 is 0 Å². The summed E-state index contributed by atoms with van der Waals surface area (Å²) in [7, 11) is 0. The summed E-state index contributed by atoms with van der Waals surface area (Å²) in [6.07, 6.45) is -0.964. The fourth-order valence-corrected chi connectivity index (χ4v) is 3.88. The number of hydrogen-bond acceptors (Lipinski definition) is 6. The van der Waals surface area contributed by atoms with Gasteiger partial charge in [0.1, 0.15) is 0 Å². The van der Waals surface area contributed by atoms with Gasteiger partial charge in [-0.2, -0.15) is 0 Å². The lowest BCUT2D eigenvalue weighted by molar-refractivity contribution is -0.143. The van der Waals surface area contributed by atoms with Crippen molar-refractivity contribution >= 4 is 29.5 Å². The Morgan fingerprint density at radius 1 is 1.14 bits per heavy atom. The first-order valence-corrected chi connectivity index (χ1v) is 10.4. The predicted molar refractivity (Wildman–Crippen MR) is 113 cm³/mol. The fourth-order valence-electron chi connectivity index (χ4n) is 3.09. The van der Waals surface area contributed by atoms with Crippen molar-refractivity contribution in [2.75, 3.05) is 12.4 Å². The number of aryl methyl sites for hydroxylation is 3. The largest absolute Gasteiger partial charge is 0.462 e. The number of Topliss-reactive ketones (excluding diaryl/α,β-unsaturated/α-hetero) is 1. The highest BCUT2D eigenvalue weighted by Crippen LogP contribution is 2.24. The normalized spacial score (nSPS) is 11.8. The summed E-state index contributed by atoms with van der Waals surface area (Å²) in [4.78, 5) is 41.0. The van der Waals surface area contributed by atoms with Crippen molar-refractivity contribution in [1.82, 2.24) is 4.98 Å². The highest BCUT2D eigenvalue weighted by atomic mass is 32.2. The minimum Gasteiger partial charge on any atom is -0.462 e. The Bertz CT molecular complexity index is 932. The molecule has 1 N–H and O–H groups in total. The van der Waals surface area contributed by atoms with Gasteiger partial charge in [0.2, 0.25) is 5.78 Å². The summed E-state index contributed by atoms with van der Waals surface area (Å²) in [5.41, 5.74) is 3.90. The first-order chi connectivity index (χ1) is 13.6. The van der Waals surface area contributed by atoms with E-state index in [-0.39, 0.29) is 23.8 Å². The van der Waals surface area contributed by atoms with E-state index in [1.807, 2.05) is 26.0 Å². The first-order valence-electron chi connectivity index (χ1n) is 9.45. The summed E-state index contributed by atoms with van der Waals surface area (Å²) < 4.78 is 10.4. The Morgan fingerprint density at radius 2 is 1.83 bits per heavy atom. The van der Waals surface area contributed by atoms with Gasteiger partial charge in [-0.1, -0.05) is 17.7 Å². The molecule has 0 radical (unpaired) electrons. The maximum absolute atomic E-state index is 12.7. The predicted octanol–water partition coefficient (Wildman–Crippen LogP) is 4.33. The molecular formula is C22H27NO5S. The van der Waals surface area contributed by atoms with Crippen molar-refractivity contribution in [2.45, 2.75) is 52.5 Å². The number of carbonyl (C=O) groups excluding carboxylic acids is 3. The Hall–Kier alpha value is -2.54. The molecule has 29 heavy (non-hydrogen) atoms. The Balaban J connectivity index is 2.02. The topological polar surface area (TPSA) is 85.5 Å². The van der Waals surface area contributed by atoms with E-state index >= 15 is 0 Å². The summed E-state index contributed by atoms with van der Waals surface area (Å²) in [6.45, 7) is 10.9. The second-order valence-corrected chi connectivity index (χ2v) is 7.92. The summed E-state index contributed by atoms with van der Waals surface area (Å²) in [6, 6.07) is 6.01. The molecule has 2 rings (SSSR count). The molecule has 0 saturated carbocycles. The third-order valence-corrected chi connectivity index (χ3v) is 5.67. The third-order valence-electron chi connectivity index (χ3n) is 4.52. The molecule has 0 spiro atoms. The monoisotopic (exact) mass is 417 g/mol. The van der Waals surface area contributed by atoms with Crippen LogP contribution in [0.25, 0.3) is 0 Å². The van der Waals surface area contributed by atoms with Crippen LogP contribution >= 0.6 is 11.8 Å². The third kappa shape index (κ3) is 5.50. The average Bonchev–Trinajstić information content (AvgIpc) is 2.94. The van der Waals surface area contributed by atoms with Crippen LogP contribution in [0.15, 0.2) is 23.1 Å². The number of esters is 2. The van der Waals surface area contributed by atoms with Crippen LogP contribution in [0.5, 0.6) is 0 Å². The number of rotatable bonds is 8. The van der Waals surface area contributed by atoms with E-state index in [0.717, 1.165) is 16.0 Å². The minimum absolute atomic E-state index is 0.109. The number of aromatic nitrogens is 1. The van der Waals surface area contributed by atoms with Crippen molar-refractivity contribution in [2.24, 2.45) is 0 Å². The van der Waals surface area contributed by atoms with Crippen molar-refractivity contribution in [3.63, 3.8) is 0 Å².